The molecule has 0 aromatic carbocycles. The topological polar surface area (TPSA) is 130 Å². The Bertz CT molecular complexity index is 963. The van der Waals surface area contributed by atoms with Crippen LogP contribution >= 0.6 is 0 Å². The van der Waals surface area contributed by atoms with Crippen molar-refractivity contribution in [3.8, 4) is 0 Å². The maximum absolute atomic E-state index is 13.0. The highest BCUT2D eigenvalue weighted by Gasteiger charge is 2.86. The van der Waals surface area contributed by atoms with E-state index < -0.39 is 69.7 Å². The number of carbonyl (C=O) groups is 3. The second kappa shape index (κ2) is 6.74. The lowest BCUT2D eigenvalue weighted by molar-refractivity contribution is -0.218. The summed E-state index contributed by atoms with van der Waals surface area (Å²) in [4.78, 5) is 36.5. The molecule has 0 bridgehead atoms. The molecular formula is C24H32O8. The number of ether oxygens (including phenoxy) is 2. The van der Waals surface area contributed by atoms with Crippen molar-refractivity contribution in [3.05, 3.63) is 23.3 Å². The summed E-state index contributed by atoms with van der Waals surface area (Å²) in [5, 5.41) is 35.2. The Labute approximate surface area is 187 Å². The van der Waals surface area contributed by atoms with Crippen molar-refractivity contribution in [2.45, 2.75) is 70.9 Å². The summed E-state index contributed by atoms with van der Waals surface area (Å²) in [5.74, 6) is -4.45. The predicted octanol–water partition coefficient (Wildman–Crippen LogP) is 1.07. The average Bonchev–Trinajstić information content (AvgIpc) is 3.11. The molecule has 8 heteroatoms. The van der Waals surface area contributed by atoms with E-state index in [0.29, 0.717) is 11.1 Å². The van der Waals surface area contributed by atoms with Gasteiger partial charge in [-0.2, -0.15) is 0 Å². The molecule has 176 valence electrons. The number of aliphatic hydroxyl groups is 3. The van der Waals surface area contributed by atoms with Gasteiger partial charge in [-0.05, 0) is 18.1 Å². The lowest BCUT2D eigenvalue weighted by Gasteiger charge is -2.52. The number of carbonyl (C=O) groups excluding carboxylic acids is 3. The molecule has 2 saturated carbocycles. The maximum atomic E-state index is 13.0. The molecule has 0 saturated heterocycles. The zero-order valence-electron chi connectivity index (χ0n) is 19.3. The highest BCUT2D eigenvalue weighted by atomic mass is 16.6. The lowest BCUT2D eigenvalue weighted by Crippen LogP contribution is -2.65. The van der Waals surface area contributed by atoms with E-state index in [2.05, 4.69) is 0 Å². The highest BCUT2D eigenvalue weighted by molar-refractivity contribution is 6.04. The maximum Gasteiger partial charge on any atom is 0.303 e. The zero-order valence-corrected chi connectivity index (χ0v) is 19.3. The number of esters is 2. The van der Waals surface area contributed by atoms with E-state index in [1.54, 1.807) is 26.0 Å². The van der Waals surface area contributed by atoms with Gasteiger partial charge in [0, 0.05) is 49.4 Å². The minimum Gasteiger partial charge on any atom is -0.461 e. The number of aliphatic hydroxyl groups excluding tert-OH is 1. The summed E-state index contributed by atoms with van der Waals surface area (Å²) in [6, 6.07) is 0. The second-order valence-corrected chi connectivity index (χ2v) is 10.6. The summed E-state index contributed by atoms with van der Waals surface area (Å²) >= 11 is 0. The number of fused-ring (bicyclic) bond motifs is 5. The number of ketones is 1. The van der Waals surface area contributed by atoms with Crippen LogP contribution in [0, 0.1) is 29.1 Å². The van der Waals surface area contributed by atoms with Crippen molar-refractivity contribution in [1.82, 2.24) is 0 Å². The van der Waals surface area contributed by atoms with Gasteiger partial charge in [-0.15, -0.1) is 0 Å². The molecule has 3 N–H and O–H groups in total. The van der Waals surface area contributed by atoms with Crippen LogP contribution in [0.1, 0.15) is 48.0 Å². The molecule has 4 aliphatic carbocycles. The predicted molar refractivity (Wildman–Crippen MR) is 112 cm³/mol. The summed E-state index contributed by atoms with van der Waals surface area (Å²) in [6.45, 7) is 9.43. The standard InChI is InChI=1S/C24H32O8/c1-11-7-17-22(29,19(11)27)9-15(10-31-13(3)25)8-16-18-21(5,6)24(18,32-14(4)26)20(28)12(2)23(16,17)30/h7-8,12,16-18,20,28-30H,9-10H2,1-6H3/t12-,16+,17-,18-,20-,22-,23-,24-/m1/s1. The van der Waals surface area contributed by atoms with E-state index in [4.69, 9.17) is 9.47 Å². The smallest absolute Gasteiger partial charge is 0.303 e. The Morgan fingerprint density at radius 1 is 1.16 bits per heavy atom. The molecule has 0 unspecified atom stereocenters. The van der Waals surface area contributed by atoms with Crippen LogP contribution in [0.3, 0.4) is 0 Å². The normalized spacial score (nSPS) is 46.0. The molecule has 0 aromatic rings. The molecule has 0 spiro atoms. The van der Waals surface area contributed by atoms with Crippen molar-refractivity contribution < 1.29 is 39.2 Å². The first-order valence-electron chi connectivity index (χ1n) is 11.0. The fourth-order valence-corrected chi connectivity index (χ4v) is 7.09. The minimum absolute atomic E-state index is 0.104. The van der Waals surface area contributed by atoms with Gasteiger partial charge in [0.15, 0.2) is 5.78 Å². The summed E-state index contributed by atoms with van der Waals surface area (Å²) in [5.41, 5.74) is -4.65. The van der Waals surface area contributed by atoms with Crippen molar-refractivity contribution in [2.24, 2.45) is 29.1 Å². The highest BCUT2D eigenvalue weighted by Crippen LogP contribution is 2.76. The van der Waals surface area contributed by atoms with Crippen LogP contribution in [0.5, 0.6) is 0 Å². The van der Waals surface area contributed by atoms with E-state index in [-0.39, 0.29) is 13.0 Å². The summed E-state index contributed by atoms with van der Waals surface area (Å²) in [7, 11) is 0. The molecule has 2 fully saturated rings. The molecule has 0 aromatic heterocycles. The van der Waals surface area contributed by atoms with Gasteiger partial charge in [-0.25, -0.2) is 0 Å². The van der Waals surface area contributed by atoms with Gasteiger partial charge >= 0.3 is 11.9 Å². The summed E-state index contributed by atoms with van der Waals surface area (Å²) < 4.78 is 10.9. The van der Waals surface area contributed by atoms with E-state index in [0.717, 1.165) is 0 Å². The zero-order chi connectivity index (χ0) is 24.0. The van der Waals surface area contributed by atoms with Gasteiger partial charge in [0.25, 0.3) is 0 Å². The molecule has 0 amide bonds. The van der Waals surface area contributed by atoms with E-state index in [1.165, 1.54) is 13.8 Å². The Hall–Kier alpha value is -2.03. The van der Waals surface area contributed by atoms with E-state index in [9.17, 15) is 29.7 Å². The Balaban J connectivity index is 1.91. The van der Waals surface area contributed by atoms with Crippen LogP contribution in [0.2, 0.25) is 0 Å². The van der Waals surface area contributed by atoms with Gasteiger partial charge < -0.3 is 24.8 Å². The van der Waals surface area contributed by atoms with Gasteiger partial charge in [0.2, 0.25) is 0 Å². The van der Waals surface area contributed by atoms with Gasteiger partial charge in [0.05, 0.1) is 11.7 Å². The monoisotopic (exact) mass is 448 g/mol. The first-order valence-corrected chi connectivity index (χ1v) is 11.0. The van der Waals surface area contributed by atoms with Crippen molar-refractivity contribution >= 4 is 17.7 Å². The number of rotatable bonds is 3. The van der Waals surface area contributed by atoms with Gasteiger partial charge in [0.1, 0.15) is 17.8 Å². The van der Waals surface area contributed by atoms with Crippen LogP contribution in [-0.2, 0) is 23.9 Å². The van der Waals surface area contributed by atoms with Gasteiger partial charge in [-0.1, -0.05) is 32.9 Å². The van der Waals surface area contributed by atoms with Crippen LogP contribution in [0.15, 0.2) is 23.3 Å². The van der Waals surface area contributed by atoms with Crippen LogP contribution in [-0.4, -0.2) is 62.6 Å². The van der Waals surface area contributed by atoms with Crippen molar-refractivity contribution in [1.29, 1.82) is 0 Å². The SMILES string of the molecule is CC(=O)OCC1=C[C@H]2[C@@H]3C(C)(C)[C@]3(OC(C)=O)[C@H](O)[C@@H](C)[C@]2(O)[C@@H]2C=C(C)C(=O)[C@@]2(O)C1. The molecule has 8 nitrogen and oxygen atoms in total. The Morgan fingerprint density at radius 2 is 1.78 bits per heavy atom. The van der Waals surface area contributed by atoms with Crippen LogP contribution in [0.4, 0.5) is 0 Å². The Kier molecular flexibility index (Phi) is 4.88. The molecule has 4 aliphatic rings. The average molecular weight is 449 g/mol. The third kappa shape index (κ3) is 2.63. The van der Waals surface area contributed by atoms with E-state index >= 15 is 0 Å². The molecule has 0 aliphatic heterocycles. The number of hydrogen-bond acceptors (Lipinski definition) is 8. The molecule has 32 heavy (non-hydrogen) atoms. The molecule has 0 heterocycles. The lowest BCUT2D eigenvalue weighted by atomic mass is 9.59. The fourth-order valence-electron chi connectivity index (χ4n) is 7.09. The van der Waals surface area contributed by atoms with Gasteiger partial charge in [-0.3, -0.25) is 14.4 Å². The first-order chi connectivity index (χ1) is 14.7. The fraction of sp³-hybridized carbons (Fsp3) is 0.708. The third-order valence-corrected chi connectivity index (χ3v) is 8.56. The van der Waals surface area contributed by atoms with Crippen molar-refractivity contribution in [3.63, 3.8) is 0 Å². The molecule has 8 atom stereocenters. The molecule has 4 rings (SSSR count). The third-order valence-electron chi connectivity index (χ3n) is 8.56. The molecule has 0 radical (unpaired) electrons. The second-order valence-electron chi connectivity index (χ2n) is 10.6. The quantitative estimate of drug-likeness (QED) is 0.432. The minimum atomic E-state index is -1.92. The number of hydrogen-bond donors (Lipinski definition) is 3. The Morgan fingerprint density at radius 3 is 2.34 bits per heavy atom. The van der Waals surface area contributed by atoms with E-state index in [1.807, 2.05) is 13.8 Å². The molecular weight excluding hydrogens is 416 g/mol. The van der Waals surface area contributed by atoms with Crippen molar-refractivity contribution in [2.75, 3.05) is 6.61 Å². The largest absolute Gasteiger partial charge is 0.461 e. The summed E-state index contributed by atoms with van der Waals surface area (Å²) in [6.07, 6.45) is 2.04. The van der Waals surface area contributed by atoms with Crippen LogP contribution in [0.25, 0.3) is 0 Å². The van der Waals surface area contributed by atoms with Crippen LogP contribution < -0.4 is 0 Å². The number of Topliss-reactive ketones (excluding diaryl/α,β-unsaturated/α-hetero) is 1. The first kappa shape index (κ1) is 23.1.